The SMILES string of the molecule is CC(CN)C(=O)NC1CSc2ccccc21. The molecule has 2 atom stereocenters. The van der Waals surface area contributed by atoms with Gasteiger partial charge in [0, 0.05) is 23.1 Å². The zero-order valence-electron chi connectivity index (χ0n) is 9.27. The molecule has 1 amide bonds. The summed E-state index contributed by atoms with van der Waals surface area (Å²) in [6.07, 6.45) is 0. The predicted octanol–water partition coefficient (Wildman–Crippen LogP) is 1.54. The van der Waals surface area contributed by atoms with Crippen LogP contribution in [-0.4, -0.2) is 18.2 Å². The highest BCUT2D eigenvalue weighted by molar-refractivity contribution is 7.99. The molecule has 1 aromatic rings. The molecule has 0 bridgehead atoms. The molecule has 16 heavy (non-hydrogen) atoms. The van der Waals surface area contributed by atoms with Crippen molar-refractivity contribution in [2.24, 2.45) is 11.7 Å². The minimum Gasteiger partial charge on any atom is -0.348 e. The van der Waals surface area contributed by atoms with Gasteiger partial charge >= 0.3 is 0 Å². The van der Waals surface area contributed by atoms with E-state index in [1.165, 1.54) is 10.5 Å². The minimum absolute atomic E-state index is 0.0461. The summed E-state index contributed by atoms with van der Waals surface area (Å²) >= 11 is 1.79. The number of carbonyl (C=O) groups is 1. The number of amides is 1. The number of thioether (sulfide) groups is 1. The molecule has 0 saturated carbocycles. The molecule has 1 aliphatic heterocycles. The molecule has 0 fully saturated rings. The molecular weight excluding hydrogens is 220 g/mol. The van der Waals surface area contributed by atoms with Crippen molar-refractivity contribution in [3.8, 4) is 0 Å². The molecule has 0 saturated heterocycles. The van der Waals surface area contributed by atoms with Crippen LogP contribution in [0, 0.1) is 5.92 Å². The summed E-state index contributed by atoms with van der Waals surface area (Å²) in [7, 11) is 0. The molecule has 3 nitrogen and oxygen atoms in total. The average Bonchev–Trinajstić information content (AvgIpc) is 2.72. The summed E-state index contributed by atoms with van der Waals surface area (Å²) < 4.78 is 0. The Morgan fingerprint density at radius 1 is 1.62 bits per heavy atom. The summed E-state index contributed by atoms with van der Waals surface area (Å²) in [6, 6.07) is 8.35. The number of carbonyl (C=O) groups excluding carboxylic acids is 1. The van der Waals surface area contributed by atoms with Crippen LogP contribution < -0.4 is 11.1 Å². The van der Waals surface area contributed by atoms with Gasteiger partial charge in [0.05, 0.1) is 6.04 Å². The first-order chi connectivity index (χ1) is 7.72. The van der Waals surface area contributed by atoms with Crippen molar-refractivity contribution in [1.29, 1.82) is 0 Å². The maximum absolute atomic E-state index is 11.7. The van der Waals surface area contributed by atoms with Crippen LogP contribution >= 0.6 is 11.8 Å². The number of fused-ring (bicyclic) bond motifs is 1. The van der Waals surface area contributed by atoms with Gasteiger partial charge in [-0.15, -0.1) is 11.8 Å². The quantitative estimate of drug-likeness (QED) is 0.837. The molecular formula is C12H16N2OS. The van der Waals surface area contributed by atoms with Gasteiger partial charge in [0.15, 0.2) is 0 Å². The molecule has 86 valence electrons. The summed E-state index contributed by atoms with van der Waals surface area (Å²) in [5, 5.41) is 3.05. The Bertz CT molecular complexity index is 394. The molecule has 3 N–H and O–H groups in total. The lowest BCUT2D eigenvalue weighted by atomic mass is 10.1. The van der Waals surface area contributed by atoms with E-state index in [9.17, 15) is 4.79 Å². The minimum atomic E-state index is -0.113. The zero-order chi connectivity index (χ0) is 11.5. The number of hydrogen-bond donors (Lipinski definition) is 2. The first-order valence-corrected chi connectivity index (χ1v) is 6.43. The first kappa shape index (κ1) is 11.5. The van der Waals surface area contributed by atoms with E-state index in [1.54, 1.807) is 11.8 Å². The Labute approximate surface area is 99.8 Å². The highest BCUT2D eigenvalue weighted by atomic mass is 32.2. The third-order valence-electron chi connectivity index (χ3n) is 2.82. The molecule has 1 aromatic carbocycles. The van der Waals surface area contributed by atoms with Crippen molar-refractivity contribution in [3.05, 3.63) is 29.8 Å². The molecule has 1 aliphatic rings. The predicted molar refractivity (Wildman–Crippen MR) is 66.3 cm³/mol. The molecule has 2 rings (SSSR count). The standard InChI is InChI=1S/C12H16N2OS/c1-8(6-13)12(15)14-10-7-16-11-5-3-2-4-9(10)11/h2-5,8,10H,6-7,13H2,1H3,(H,14,15). The lowest BCUT2D eigenvalue weighted by molar-refractivity contribution is -0.124. The third kappa shape index (κ3) is 2.23. The van der Waals surface area contributed by atoms with Gasteiger partial charge in [0.2, 0.25) is 5.91 Å². The van der Waals surface area contributed by atoms with E-state index in [0.717, 1.165) is 5.75 Å². The second kappa shape index (κ2) is 4.89. The van der Waals surface area contributed by atoms with Gasteiger partial charge in [-0.2, -0.15) is 0 Å². The van der Waals surface area contributed by atoms with Gasteiger partial charge in [-0.1, -0.05) is 25.1 Å². The summed E-state index contributed by atoms with van der Waals surface area (Å²) in [4.78, 5) is 13.0. The highest BCUT2D eigenvalue weighted by Gasteiger charge is 2.25. The Hall–Kier alpha value is -1.00. The number of nitrogens with two attached hydrogens (primary N) is 1. The van der Waals surface area contributed by atoms with Gasteiger partial charge in [0.25, 0.3) is 0 Å². The van der Waals surface area contributed by atoms with Gasteiger partial charge in [-0.3, -0.25) is 4.79 Å². The number of rotatable bonds is 3. The monoisotopic (exact) mass is 236 g/mol. The Balaban J connectivity index is 2.06. The third-order valence-corrected chi connectivity index (χ3v) is 4.00. The average molecular weight is 236 g/mol. The Morgan fingerprint density at radius 3 is 3.12 bits per heavy atom. The van der Waals surface area contributed by atoms with E-state index in [4.69, 9.17) is 5.73 Å². The van der Waals surface area contributed by atoms with Gasteiger partial charge in [0.1, 0.15) is 0 Å². The smallest absolute Gasteiger partial charge is 0.224 e. The molecule has 0 aliphatic carbocycles. The van der Waals surface area contributed by atoms with Crippen molar-refractivity contribution < 1.29 is 4.79 Å². The highest BCUT2D eigenvalue weighted by Crippen LogP contribution is 2.37. The topological polar surface area (TPSA) is 55.1 Å². The Kier molecular flexibility index (Phi) is 3.51. The van der Waals surface area contributed by atoms with Crippen LogP contribution in [0.25, 0.3) is 0 Å². The van der Waals surface area contributed by atoms with Crippen molar-refractivity contribution in [2.45, 2.75) is 17.9 Å². The van der Waals surface area contributed by atoms with E-state index in [-0.39, 0.29) is 17.9 Å². The van der Waals surface area contributed by atoms with Crippen molar-refractivity contribution >= 4 is 17.7 Å². The van der Waals surface area contributed by atoms with Crippen molar-refractivity contribution in [3.63, 3.8) is 0 Å². The fourth-order valence-electron chi connectivity index (χ4n) is 1.70. The van der Waals surface area contributed by atoms with E-state index in [1.807, 2.05) is 19.1 Å². The molecule has 4 heteroatoms. The van der Waals surface area contributed by atoms with Crippen LogP contribution in [0.1, 0.15) is 18.5 Å². The van der Waals surface area contributed by atoms with Crippen LogP contribution in [0.15, 0.2) is 29.2 Å². The molecule has 1 heterocycles. The fourth-order valence-corrected chi connectivity index (χ4v) is 2.86. The number of benzene rings is 1. The second-order valence-corrected chi connectivity index (χ2v) is 5.11. The summed E-state index contributed by atoms with van der Waals surface area (Å²) in [5.74, 6) is 0.852. The maximum atomic E-state index is 11.7. The normalized spacial score (nSPS) is 20.2. The van der Waals surface area contributed by atoms with Gasteiger partial charge in [-0.05, 0) is 11.6 Å². The molecule has 2 unspecified atom stereocenters. The van der Waals surface area contributed by atoms with Crippen molar-refractivity contribution in [2.75, 3.05) is 12.3 Å². The molecule has 0 radical (unpaired) electrons. The van der Waals surface area contributed by atoms with Crippen LogP contribution in [0.5, 0.6) is 0 Å². The van der Waals surface area contributed by atoms with E-state index < -0.39 is 0 Å². The van der Waals surface area contributed by atoms with Crippen molar-refractivity contribution in [1.82, 2.24) is 5.32 Å². The second-order valence-electron chi connectivity index (χ2n) is 4.05. The summed E-state index contributed by atoms with van der Waals surface area (Å²) in [6.45, 7) is 2.25. The van der Waals surface area contributed by atoms with Crippen LogP contribution in [-0.2, 0) is 4.79 Å². The van der Waals surface area contributed by atoms with Gasteiger partial charge < -0.3 is 11.1 Å². The number of hydrogen-bond acceptors (Lipinski definition) is 3. The first-order valence-electron chi connectivity index (χ1n) is 5.44. The maximum Gasteiger partial charge on any atom is 0.224 e. The van der Waals surface area contributed by atoms with Crippen LogP contribution in [0.2, 0.25) is 0 Å². The van der Waals surface area contributed by atoms with E-state index >= 15 is 0 Å². The lowest BCUT2D eigenvalue weighted by Gasteiger charge is -2.16. The van der Waals surface area contributed by atoms with Crippen LogP contribution in [0.3, 0.4) is 0 Å². The molecule has 0 aromatic heterocycles. The largest absolute Gasteiger partial charge is 0.348 e. The van der Waals surface area contributed by atoms with E-state index in [0.29, 0.717) is 6.54 Å². The lowest BCUT2D eigenvalue weighted by Crippen LogP contribution is -2.36. The van der Waals surface area contributed by atoms with Gasteiger partial charge in [-0.25, -0.2) is 0 Å². The Morgan fingerprint density at radius 2 is 2.38 bits per heavy atom. The summed E-state index contributed by atoms with van der Waals surface area (Å²) in [5.41, 5.74) is 6.70. The molecule has 0 spiro atoms. The zero-order valence-corrected chi connectivity index (χ0v) is 10.1. The van der Waals surface area contributed by atoms with Crippen LogP contribution in [0.4, 0.5) is 0 Å². The number of nitrogens with one attached hydrogen (secondary N) is 1. The van der Waals surface area contributed by atoms with E-state index in [2.05, 4.69) is 17.4 Å². The fraction of sp³-hybridized carbons (Fsp3) is 0.417.